The molecule has 0 radical (unpaired) electrons. The van der Waals surface area contributed by atoms with E-state index in [1.54, 1.807) is 24.3 Å². The molecule has 1 aliphatic heterocycles. The van der Waals surface area contributed by atoms with Gasteiger partial charge in [0, 0.05) is 37.7 Å². The van der Waals surface area contributed by atoms with Crippen LogP contribution in [0.1, 0.15) is 5.56 Å². The predicted molar refractivity (Wildman–Crippen MR) is 98.2 cm³/mol. The number of alkyl halides is 1. The highest BCUT2D eigenvalue weighted by Crippen LogP contribution is 2.22. The minimum absolute atomic E-state index is 0.275. The first-order valence-corrected chi connectivity index (χ1v) is 10.1. The van der Waals surface area contributed by atoms with Gasteiger partial charge in [-0.1, -0.05) is 12.1 Å². The Morgan fingerprint density at radius 2 is 1.52 bits per heavy atom. The van der Waals surface area contributed by atoms with Gasteiger partial charge >= 0.3 is 0 Å². The zero-order chi connectivity index (χ0) is 17.9. The van der Waals surface area contributed by atoms with Gasteiger partial charge in [-0.2, -0.15) is 4.31 Å². The van der Waals surface area contributed by atoms with Gasteiger partial charge in [0.2, 0.25) is 10.0 Å². The summed E-state index contributed by atoms with van der Waals surface area (Å²) in [7, 11) is -3.49. The highest BCUT2D eigenvalue weighted by molar-refractivity contribution is 7.89. The molecule has 0 bridgehead atoms. The molecule has 2 aromatic rings. The van der Waals surface area contributed by atoms with Crippen LogP contribution in [0.5, 0.6) is 0 Å². The van der Waals surface area contributed by atoms with Crippen molar-refractivity contribution in [2.75, 3.05) is 37.0 Å². The molecule has 0 aromatic heterocycles. The first-order valence-electron chi connectivity index (χ1n) is 8.16. The Balaban J connectivity index is 1.67. The Labute approximate surface area is 152 Å². The van der Waals surface area contributed by atoms with Gasteiger partial charge in [-0.3, -0.25) is 0 Å². The van der Waals surface area contributed by atoms with Crippen molar-refractivity contribution >= 4 is 27.3 Å². The molecule has 25 heavy (non-hydrogen) atoms. The van der Waals surface area contributed by atoms with E-state index in [-0.39, 0.29) is 5.82 Å². The van der Waals surface area contributed by atoms with Crippen LogP contribution < -0.4 is 4.90 Å². The number of benzene rings is 2. The van der Waals surface area contributed by atoms with E-state index < -0.39 is 10.0 Å². The van der Waals surface area contributed by atoms with Crippen molar-refractivity contribution in [2.24, 2.45) is 0 Å². The second kappa shape index (κ2) is 7.72. The molecule has 0 amide bonds. The number of halogens is 2. The van der Waals surface area contributed by atoms with Crippen molar-refractivity contribution in [3.63, 3.8) is 0 Å². The number of anilines is 1. The van der Waals surface area contributed by atoms with Crippen LogP contribution in [-0.2, 0) is 16.4 Å². The Kier molecular flexibility index (Phi) is 5.61. The quantitative estimate of drug-likeness (QED) is 0.746. The Morgan fingerprint density at radius 1 is 0.920 bits per heavy atom. The molecule has 2 aromatic carbocycles. The third kappa shape index (κ3) is 4.14. The van der Waals surface area contributed by atoms with Crippen LogP contribution in [0.4, 0.5) is 10.1 Å². The molecule has 1 fully saturated rings. The van der Waals surface area contributed by atoms with Crippen molar-refractivity contribution < 1.29 is 12.8 Å². The summed E-state index contributed by atoms with van der Waals surface area (Å²) >= 11 is 5.71. The summed E-state index contributed by atoms with van der Waals surface area (Å²) in [6.07, 6.45) is 0.720. The highest BCUT2D eigenvalue weighted by atomic mass is 35.5. The smallest absolute Gasteiger partial charge is 0.243 e. The molecule has 0 saturated carbocycles. The summed E-state index contributed by atoms with van der Waals surface area (Å²) in [6, 6.07) is 13.2. The van der Waals surface area contributed by atoms with Crippen LogP contribution in [0.25, 0.3) is 0 Å². The predicted octanol–water partition coefficient (Wildman–Crippen LogP) is 3.12. The second-order valence-corrected chi connectivity index (χ2v) is 8.27. The van der Waals surface area contributed by atoms with E-state index in [4.69, 9.17) is 11.6 Å². The largest absolute Gasteiger partial charge is 0.369 e. The maximum atomic E-state index is 13.0. The van der Waals surface area contributed by atoms with Crippen molar-refractivity contribution in [1.29, 1.82) is 0 Å². The summed E-state index contributed by atoms with van der Waals surface area (Å²) in [6.45, 7) is 1.97. The van der Waals surface area contributed by atoms with Gasteiger partial charge in [0.15, 0.2) is 0 Å². The van der Waals surface area contributed by atoms with E-state index in [1.807, 2.05) is 12.1 Å². The zero-order valence-electron chi connectivity index (χ0n) is 13.7. The first kappa shape index (κ1) is 18.2. The van der Waals surface area contributed by atoms with Crippen LogP contribution in [0, 0.1) is 5.82 Å². The third-order valence-electron chi connectivity index (χ3n) is 4.37. The summed E-state index contributed by atoms with van der Waals surface area (Å²) in [5.74, 6) is 0.236. The molecule has 1 saturated heterocycles. The number of hydrogen-bond acceptors (Lipinski definition) is 3. The van der Waals surface area contributed by atoms with E-state index in [2.05, 4.69) is 4.90 Å². The summed E-state index contributed by atoms with van der Waals surface area (Å²) in [4.78, 5) is 2.37. The molecule has 0 atom stereocenters. The number of piperazine rings is 1. The minimum Gasteiger partial charge on any atom is -0.369 e. The van der Waals surface area contributed by atoms with Crippen LogP contribution in [-0.4, -0.2) is 44.8 Å². The fourth-order valence-corrected chi connectivity index (χ4v) is 4.57. The van der Waals surface area contributed by atoms with Crippen LogP contribution in [0.2, 0.25) is 0 Å². The molecule has 0 N–H and O–H groups in total. The zero-order valence-corrected chi connectivity index (χ0v) is 15.3. The summed E-state index contributed by atoms with van der Waals surface area (Å²) in [5, 5.41) is 0. The van der Waals surface area contributed by atoms with Gasteiger partial charge in [-0.05, 0) is 48.4 Å². The fourth-order valence-electron chi connectivity index (χ4n) is 2.92. The molecule has 0 aliphatic carbocycles. The van der Waals surface area contributed by atoms with E-state index in [0.717, 1.165) is 17.7 Å². The molecule has 0 spiro atoms. The molecule has 1 aliphatic rings. The molecular weight excluding hydrogens is 363 g/mol. The fraction of sp³-hybridized carbons (Fsp3) is 0.333. The lowest BCUT2D eigenvalue weighted by atomic mass is 10.2. The SMILES string of the molecule is O=S(=O)(c1ccc(CCCl)cc1)N1CCN(c2ccc(F)cc2)CC1. The van der Waals surface area contributed by atoms with E-state index >= 15 is 0 Å². The topological polar surface area (TPSA) is 40.6 Å². The average molecular weight is 383 g/mol. The van der Waals surface area contributed by atoms with Crippen LogP contribution in [0.3, 0.4) is 0 Å². The summed E-state index contributed by atoms with van der Waals surface area (Å²) < 4.78 is 40.1. The number of sulfonamides is 1. The second-order valence-electron chi connectivity index (χ2n) is 5.95. The molecule has 3 rings (SSSR count). The normalized spacial score (nSPS) is 16.2. The van der Waals surface area contributed by atoms with Crippen molar-refractivity contribution in [3.05, 3.63) is 59.9 Å². The number of rotatable bonds is 5. The van der Waals surface area contributed by atoms with Gasteiger partial charge in [-0.25, -0.2) is 12.8 Å². The molecule has 7 heteroatoms. The average Bonchev–Trinajstić information content (AvgIpc) is 2.63. The monoisotopic (exact) mass is 382 g/mol. The minimum atomic E-state index is -3.49. The van der Waals surface area contributed by atoms with Gasteiger partial charge in [-0.15, -0.1) is 11.6 Å². The van der Waals surface area contributed by atoms with Crippen LogP contribution >= 0.6 is 11.6 Å². The Hall–Kier alpha value is -1.63. The lowest BCUT2D eigenvalue weighted by Gasteiger charge is -2.35. The maximum Gasteiger partial charge on any atom is 0.243 e. The van der Waals surface area contributed by atoms with Crippen LogP contribution in [0.15, 0.2) is 53.4 Å². The molecular formula is C18H20ClFN2O2S. The third-order valence-corrected chi connectivity index (χ3v) is 6.48. The lowest BCUT2D eigenvalue weighted by Crippen LogP contribution is -2.48. The van der Waals surface area contributed by atoms with E-state index in [9.17, 15) is 12.8 Å². The van der Waals surface area contributed by atoms with Crippen molar-refractivity contribution in [3.8, 4) is 0 Å². The highest BCUT2D eigenvalue weighted by Gasteiger charge is 2.28. The summed E-state index contributed by atoms with van der Waals surface area (Å²) in [5.41, 5.74) is 1.93. The maximum absolute atomic E-state index is 13.0. The van der Waals surface area contributed by atoms with Gasteiger partial charge in [0.05, 0.1) is 4.90 Å². The lowest BCUT2D eigenvalue weighted by molar-refractivity contribution is 0.385. The van der Waals surface area contributed by atoms with Crippen molar-refractivity contribution in [1.82, 2.24) is 4.31 Å². The number of aryl methyl sites for hydroxylation is 1. The van der Waals surface area contributed by atoms with E-state index in [0.29, 0.717) is 37.0 Å². The molecule has 1 heterocycles. The Morgan fingerprint density at radius 3 is 2.08 bits per heavy atom. The Bertz CT molecular complexity index is 802. The van der Waals surface area contributed by atoms with E-state index in [1.165, 1.54) is 16.4 Å². The number of hydrogen-bond donors (Lipinski definition) is 0. The van der Waals surface area contributed by atoms with Gasteiger partial charge in [0.25, 0.3) is 0 Å². The molecule has 4 nitrogen and oxygen atoms in total. The molecule has 0 unspecified atom stereocenters. The standard InChI is InChI=1S/C18H20ClFN2O2S/c19-10-9-15-1-7-18(8-2-15)25(23,24)22-13-11-21(12-14-22)17-5-3-16(20)4-6-17/h1-8H,9-14H2. The van der Waals surface area contributed by atoms with Gasteiger partial charge < -0.3 is 4.90 Å². The van der Waals surface area contributed by atoms with Gasteiger partial charge in [0.1, 0.15) is 5.82 Å². The first-order chi connectivity index (χ1) is 12.0. The molecule has 134 valence electrons. The number of nitrogens with zero attached hydrogens (tertiary/aromatic N) is 2. The van der Waals surface area contributed by atoms with Crippen molar-refractivity contribution in [2.45, 2.75) is 11.3 Å².